The largest absolute Gasteiger partial charge is 0.396 e. The van der Waals surface area contributed by atoms with E-state index in [0.29, 0.717) is 42.3 Å². The predicted octanol–water partition coefficient (Wildman–Crippen LogP) is 3.56. The number of aliphatic hydroxyl groups excluding tert-OH is 3. The zero-order valence-electron chi connectivity index (χ0n) is 17.9. The van der Waals surface area contributed by atoms with Crippen LogP contribution in [0.15, 0.2) is 0 Å². The zero-order valence-corrected chi connectivity index (χ0v) is 17.9. The summed E-state index contributed by atoms with van der Waals surface area (Å²) in [5, 5.41) is 31.9. The molecule has 4 heteroatoms. The van der Waals surface area contributed by atoms with Gasteiger partial charge in [-0.15, -0.1) is 0 Å². The molecule has 160 valence electrons. The van der Waals surface area contributed by atoms with Crippen LogP contribution in [0, 0.1) is 46.3 Å². The van der Waals surface area contributed by atoms with Gasteiger partial charge >= 0.3 is 0 Å². The Kier molecular flexibility index (Phi) is 5.46. The highest BCUT2D eigenvalue weighted by atomic mass is 16.3. The molecule has 4 saturated carbocycles. The van der Waals surface area contributed by atoms with Gasteiger partial charge in [-0.2, -0.15) is 0 Å². The van der Waals surface area contributed by atoms with E-state index in [0.717, 1.165) is 44.9 Å². The lowest BCUT2D eigenvalue weighted by atomic mass is 9.43. The lowest BCUT2D eigenvalue weighted by molar-refractivity contribution is -0.201. The quantitative estimate of drug-likeness (QED) is 0.683. The minimum atomic E-state index is -0.336. The number of ketones is 1. The molecule has 4 aliphatic carbocycles. The predicted molar refractivity (Wildman–Crippen MR) is 108 cm³/mol. The highest BCUT2D eigenvalue weighted by Crippen LogP contribution is 2.68. The van der Waals surface area contributed by atoms with Gasteiger partial charge in [-0.1, -0.05) is 20.8 Å². The summed E-state index contributed by atoms with van der Waals surface area (Å²) in [4.78, 5) is 12.1. The fraction of sp³-hybridized carbons (Fsp3) is 0.958. The Morgan fingerprint density at radius 3 is 2.61 bits per heavy atom. The summed E-state index contributed by atoms with van der Waals surface area (Å²) in [6.45, 7) is 7.16. The highest BCUT2D eigenvalue weighted by Gasteiger charge is 2.65. The van der Waals surface area contributed by atoms with Crippen molar-refractivity contribution < 1.29 is 20.1 Å². The van der Waals surface area contributed by atoms with Crippen LogP contribution in [0.2, 0.25) is 0 Å². The molecular weight excluding hydrogens is 352 g/mol. The van der Waals surface area contributed by atoms with Crippen molar-refractivity contribution in [2.75, 3.05) is 6.61 Å². The molecule has 0 aliphatic heterocycles. The number of aliphatic hydroxyl groups is 3. The maximum Gasteiger partial charge on any atom is 0.133 e. The van der Waals surface area contributed by atoms with Crippen LogP contribution in [0.1, 0.15) is 78.6 Å². The molecule has 0 radical (unpaired) electrons. The van der Waals surface area contributed by atoms with Crippen molar-refractivity contribution in [2.24, 2.45) is 46.3 Å². The second kappa shape index (κ2) is 7.35. The van der Waals surface area contributed by atoms with Crippen LogP contribution in [0.5, 0.6) is 0 Å². The van der Waals surface area contributed by atoms with Crippen molar-refractivity contribution in [3.63, 3.8) is 0 Å². The molecule has 4 aliphatic rings. The Balaban J connectivity index is 1.63. The molecule has 4 rings (SSSR count). The molecule has 10 atom stereocenters. The maximum absolute atomic E-state index is 12.1. The Morgan fingerprint density at radius 1 is 1.14 bits per heavy atom. The molecule has 4 fully saturated rings. The van der Waals surface area contributed by atoms with E-state index in [4.69, 9.17) is 0 Å². The van der Waals surface area contributed by atoms with E-state index in [9.17, 15) is 20.1 Å². The SMILES string of the molecule is C[C@H](CCCO)[C@H]1CC[C@H]2[C@H]3C(C[C@H](O)[C@]12C)[C@@]1(C)CCC(=O)C[C@@H]1C[C@H]3O. The number of carbonyl (C=O) groups excluding carboxylic acids is 1. The van der Waals surface area contributed by atoms with E-state index in [1.165, 1.54) is 0 Å². The first-order valence-electron chi connectivity index (χ1n) is 11.7. The van der Waals surface area contributed by atoms with Crippen molar-refractivity contribution in [1.29, 1.82) is 0 Å². The van der Waals surface area contributed by atoms with E-state index in [1.807, 2.05) is 0 Å². The summed E-state index contributed by atoms with van der Waals surface area (Å²) in [6, 6.07) is 0. The molecule has 0 aromatic carbocycles. The lowest BCUT2D eigenvalue weighted by Gasteiger charge is -2.63. The summed E-state index contributed by atoms with van der Waals surface area (Å²) in [6.07, 6.45) is 7.15. The maximum atomic E-state index is 12.1. The van der Waals surface area contributed by atoms with E-state index in [1.54, 1.807) is 0 Å². The molecule has 0 saturated heterocycles. The van der Waals surface area contributed by atoms with Gasteiger partial charge < -0.3 is 15.3 Å². The van der Waals surface area contributed by atoms with Gasteiger partial charge in [0.2, 0.25) is 0 Å². The van der Waals surface area contributed by atoms with E-state index < -0.39 is 0 Å². The third-order valence-electron chi connectivity index (χ3n) is 10.2. The first-order valence-corrected chi connectivity index (χ1v) is 11.7. The third-order valence-corrected chi connectivity index (χ3v) is 10.2. The second-order valence-corrected chi connectivity index (χ2v) is 11.2. The summed E-state index contributed by atoms with van der Waals surface area (Å²) < 4.78 is 0. The lowest BCUT2D eigenvalue weighted by Crippen LogP contribution is -2.62. The van der Waals surface area contributed by atoms with Crippen LogP contribution >= 0.6 is 0 Å². The van der Waals surface area contributed by atoms with Gasteiger partial charge in [-0.25, -0.2) is 0 Å². The number of carbonyl (C=O) groups is 1. The van der Waals surface area contributed by atoms with Crippen molar-refractivity contribution in [3.05, 3.63) is 0 Å². The third kappa shape index (κ3) is 2.93. The molecule has 0 heterocycles. The minimum Gasteiger partial charge on any atom is -0.396 e. The van der Waals surface area contributed by atoms with Crippen LogP contribution in [0.25, 0.3) is 0 Å². The van der Waals surface area contributed by atoms with Crippen molar-refractivity contribution in [1.82, 2.24) is 0 Å². The molecule has 3 N–H and O–H groups in total. The smallest absolute Gasteiger partial charge is 0.133 e. The minimum absolute atomic E-state index is 0.0840. The number of fused-ring (bicyclic) bond motifs is 5. The van der Waals surface area contributed by atoms with E-state index >= 15 is 0 Å². The molecule has 0 amide bonds. The molecule has 0 spiro atoms. The molecule has 0 aromatic heterocycles. The fourth-order valence-electron chi connectivity index (χ4n) is 8.56. The normalized spacial score (nSPS) is 51.9. The number of hydrogen-bond acceptors (Lipinski definition) is 4. The second-order valence-electron chi connectivity index (χ2n) is 11.2. The van der Waals surface area contributed by atoms with Crippen LogP contribution in [0.4, 0.5) is 0 Å². The molecule has 28 heavy (non-hydrogen) atoms. The van der Waals surface area contributed by atoms with Crippen molar-refractivity contribution in [2.45, 2.75) is 90.8 Å². The fourth-order valence-corrected chi connectivity index (χ4v) is 8.56. The average Bonchev–Trinajstić information content (AvgIpc) is 3.01. The Labute approximate surface area is 170 Å². The van der Waals surface area contributed by atoms with Gasteiger partial charge in [0.05, 0.1) is 12.2 Å². The highest BCUT2D eigenvalue weighted by molar-refractivity contribution is 5.79. The van der Waals surface area contributed by atoms with E-state index in [2.05, 4.69) is 20.8 Å². The number of rotatable bonds is 4. The van der Waals surface area contributed by atoms with Gasteiger partial charge in [0.1, 0.15) is 5.78 Å². The first kappa shape index (κ1) is 20.8. The topological polar surface area (TPSA) is 77.8 Å². The Hall–Kier alpha value is -0.450. The van der Waals surface area contributed by atoms with Crippen molar-refractivity contribution in [3.8, 4) is 0 Å². The average molecular weight is 393 g/mol. The summed E-state index contributed by atoms with van der Waals surface area (Å²) in [7, 11) is 0. The van der Waals surface area contributed by atoms with E-state index in [-0.39, 0.29) is 41.5 Å². The molecule has 0 aromatic rings. The van der Waals surface area contributed by atoms with Gasteiger partial charge in [-0.3, -0.25) is 4.79 Å². The summed E-state index contributed by atoms with van der Waals surface area (Å²) in [5.74, 6) is 2.55. The number of Topliss-reactive ketones (excluding diaryl/α,β-unsaturated/α-hetero) is 1. The summed E-state index contributed by atoms with van der Waals surface area (Å²) >= 11 is 0. The molecular formula is C24H40O4. The van der Waals surface area contributed by atoms with Gasteiger partial charge in [0.25, 0.3) is 0 Å². The first-order chi connectivity index (χ1) is 13.2. The molecule has 0 bridgehead atoms. The zero-order chi connectivity index (χ0) is 20.3. The monoisotopic (exact) mass is 392 g/mol. The van der Waals surface area contributed by atoms with Crippen LogP contribution < -0.4 is 0 Å². The van der Waals surface area contributed by atoms with Crippen LogP contribution in [-0.4, -0.2) is 39.9 Å². The molecule has 4 nitrogen and oxygen atoms in total. The Morgan fingerprint density at radius 2 is 1.89 bits per heavy atom. The summed E-state index contributed by atoms with van der Waals surface area (Å²) in [5.41, 5.74) is -0.0502. The van der Waals surface area contributed by atoms with Gasteiger partial charge in [0, 0.05) is 19.4 Å². The van der Waals surface area contributed by atoms with Crippen molar-refractivity contribution >= 4 is 5.78 Å². The standard InChI is InChI=1S/C24H40O4/c1-14(5-4-10-25)17-6-7-18-22-19(13-21(28)24(17,18)3)23(2)9-8-16(26)11-15(23)12-20(22)27/h14-15,17-22,25,27-28H,4-13H2,1-3H3/t14-,15-,17-,18+,19?,20-,21+,22+,23+,24-/m1/s1. The van der Waals surface area contributed by atoms with Crippen LogP contribution in [0.3, 0.4) is 0 Å². The Bertz CT molecular complexity index is 605. The van der Waals surface area contributed by atoms with Crippen LogP contribution in [-0.2, 0) is 4.79 Å². The number of hydrogen-bond donors (Lipinski definition) is 3. The van der Waals surface area contributed by atoms with Gasteiger partial charge in [0.15, 0.2) is 0 Å². The van der Waals surface area contributed by atoms with Gasteiger partial charge in [-0.05, 0) is 91.3 Å². The molecule has 1 unspecified atom stereocenters.